The molecule has 2 aromatic rings. The Morgan fingerprint density at radius 1 is 1.12 bits per heavy atom. The molecule has 1 aliphatic rings. The number of rotatable bonds is 9. The van der Waals surface area contributed by atoms with Crippen LogP contribution in [0.2, 0.25) is 0 Å². The molecule has 138 valence electrons. The van der Waals surface area contributed by atoms with Gasteiger partial charge in [0.2, 0.25) is 5.95 Å². The summed E-state index contributed by atoms with van der Waals surface area (Å²) < 4.78 is 5.25. The lowest BCUT2D eigenvalue weighted by Crippen LogP contribution is -2.11. The van der Waals surface area contributed by atoms with Crippen LogP contribution in [0.4, 0.5) is 11.8 Å². The van der Waals surface area contributed by atoms with E-state index >= 15 is 0 Å². The number of aromatic nitrogens is 3. The van der Waals surface area contributed by atoms with Crippen LogP contribution in [0.3, 0.4) is 0 Å². The molecule has 6 nitrogen and oxygen atoms in total. The molecule has 0 saturated carbocycles. The van der Waals surface area contributed by atoms with Crippen LogP contribution >= 0.6 is 0 Å². The molecule has 0 bridgehead atoms. The van der Waals surface area contributed by atoms with E-state index in [0.29, 0.717) is 5.95 Å². The molecule has 3 rings (SSSR count). The number of nitrogens with zero attached hydrogens (tertiary/aromatic N) is 3. The molecule has 0 atom stereocenters. The summed E-state index contributed by atoms with van der Waals surface area (Å²) in [7, 11) is 1.68. The van der Waals surface area contributed by atoms with Crippen LogP contribution in [0.1, 0.15) is 37.7 Å². The molecule has 1 aromatic heterocycles. The maximum absolute atomic E-state index is 5.25. The lowest BCUT2D eigenvalue weighted by molar-refractivity contribution is 0.414. The molecule has 0 unspecified atom stereocenters. The minimum atomic E-state index is 0.577. The quantitative estimate of drug-likeness (QED) is 0.668. The summed E-state index contributed by atoms with van der Waals surface area (Å²) >= 11 is 0. The molecule has 2 N–H and O–H groups in total. The molecule has 0 spiro atoms. The molecule has 1 aromatic carbocycles. The van der Waals surface area contributed by atoms with Crippen molar-refractivity contribution in [2.45, 2.75) is 38.5 Å². The van der Waals surface area contributed by atoms with Crippen LogP contribution in [0.5, 0.6) is 5.75 Å². The van der Waals surface area contributed by atoms with Gasteiger partial charge in [-0.05, 0) is 56.2 Å². The predicted molar refractivity (Wildman–Crippen MR) is 105 cm³/mol. The largest absolute Gasteiger partial charge is 0.497 e. The predicted octanol–water partition coefficient (Wildman–Crippen LogP) is 3.84. The van der Waals surface area contributed by atoms with Crippen molar-refractivity contribution in [3.63, 3.8) is 0 Å². The van der Waals surface area contributed by atoms with Crippen LogP contribution in [0.25, 0.3) is 0 Å². The molecule has 0 aliphatic heterocycles. The Morgan fingerprint density at radius 2 is 2.04 bits per heavy atom. The van der Waals surface area contributed by atoms with Gasteiger partial charge >= 0.3 is 0 Å². The molecule has 6 heteroatoms. The number of methoxy groups -OCH3 is 1. The summed E-state index contributed by atoms with van der Waals surface area (Å²) in [4.78, 5) is 4.48. The third-order valence-electron chi connectivity index (χ3n) is 4.53. The van der Waals surface area contributed by atoms with Gasteiger partial charge in [-0.15, -0.1) is 5.10 Å². The first-order valence-corrected chi connectivity index (χ1v) is 9.32. The van der Waals surface area contributed by atoms with Crippen molar-refractivity contribution in [1.82, 2.24) is 15.2 Å². The molecule has 0 fully saturated rings. The molecular weight excluding hydrogens is 326 g/mol. The molecule has 0 amide bonds. The third-order valence-corrected chi connectivity index (χ3v) is 4.53. The molecule has 1 heterocycles. The Balaban J connectivity index is 1.43. The van der Waals surface area contributed by atoms with E-state index in [9.17, 15) is 0 Å². The molecular formula is C20H27N5O. The maximum atomic E-state index is 5.25. The number of benzene rings is 1. The number of nitrogens with one attached hydrogen (secondary N) is 2. The Hall–Kier alpha value is -2.63. The Kier molecular flexibility index (Phi) is 6.81. The van der Waals surface area contributed by atoms with E-state index in [4.69, 9.17) is 4.74 Å². The first kappa shape index (κ1) is 18.2. The number of hydrogen-bond acceptors (Lipinski definition) is 6. The highest BCUT2D eigenvalue weighted by atomic mass is 16.5. The summed E-state index contributed by atoms with van der Waals surface area (Å²) in [5.41, 5.74) is 2.77. The maximum Gasteiger partial charge on any atom is 0.244 e. The fourth-order valence-electron chi connectivity index (χ4n) is 3.09. The Labute approximate surface area is 155 Å². The fraction of sp³-hybridized carbons (Fsp3) is 0.450. The van der Waals surface area contributed by atoms with Crippen LogP contribution < -0.4 is 15.4 Å². The van der Waals surface area contributed by atoms with E-state index in [2.05, 4.69) is 38.0 Å². The highest BCUT2D eigenvalue weighted by Gasteiger charge is 2.05. The standard InChI is InChI=1S/C20H27N5O/c1-26-18-9-5-8-17(14-18)11-12-21-19-15-23-25-20(24-19)22-13-10-16-6-3-2-4-7-16/h5-6,8-9,14-15H,2-4,7,10-13H2,1H3,(H2,21,22,24,25). The minimum absolute atomic E-state index is 0.577. The smallest absolute Gasteiger partial charge is 0.244 e. The second kappa shape index (κ2) is 9.75. The highest BCUT2D eigenvalue weighted by molar-refractivity contribution is 5.37. The number of hydrogen-bond donors (Lipinski definition) is 2. The SMILES string of the molecule is COc1cccc(CCNc2cnnc(NCCC3=CCCCC3)n2)c1. The third kappa shape index (κ3) is 5.72. The van der Waals surface area contributed by atoms with Crippen LogP contribution in [0.15, 0.2) is 42.1 Å². The molecule has 1 aliphatic carbocycles. The van der Waals surface area contributed by atoms with Gasteiger partial charge in [-0.2, -0.15) is 10.1 Å². The van der Waals surface area contributed by atoms with Gasteiger partial charge in [0.15, 0.2) is 5.82 Å². The Morgan fingerprint density at radius 3 is 2.88 bits per heavy atom. The van der Waals surface area contributed by atoms with Crippen LogP contribution in [-0.2, 0) is 6.42 Å². The van der Waals surface area contributed by atoms with Crippen molar-refractivity contribution in [1.29, 1.82) is 0 Å². The van der Waals surface area contributed by atoms with Crippen molar-refractivity contribution in [2.24, 2.45) is 0 Å². The van der Waals surface area contributed by atoms with Gasteiger partial charge in [-0.1, -0.05) is 23.8 Å². The minimum Gasteiger partial charge on any atom is -0.497 e. The topological polar surface area (TPSA) is 72.0 Å². The highest BCUT2D eigenvalue weighted by Crippen LogP contribution is 2.19. The lowest BCUT2D eigenvalue weighted by Gasteiger charge is -2.13. The zero-order valence-corrected chi connectivity index (χ0v) is 15.4. The van der Waals surface area contributed by atoms with Gasteiger partial charge in [0.25, 0.3) is 0 Å². The van der Waals surface area contributed by atoms with Gasteiger partial charge in [0.05, 0.1) is 13.3 Å². The average Bonchev–Trinajstić information content (AvgIpc) is 2.69. The summed E-state index contributed by atoms with van der Waals surface area (Å²) in [6.07, 6.45) is 11.1. The monoisotopic (exact) mass is 353 g/mol. The Bertz CT molecular complexity index is 732. The second-order valence-electron chi connectivity index (χ2n) is 6.48. The van der Waals surface area contributed by atoms with E-state index in [-0.39, 0.29) is 0 Å². The van der Waals surface area contributed by atoms with Gasteiger partial charge in [0.1, 0.15) is 5.75 Å². The summed E-state index contributed by atoms with van der Waals surface area (Å²) in [5.74, 6) is 2.20. The molecule has 26 heavy (non-hydrogen) atoms. The summed E-state index contributed by atoms with van der Waals surface area (Å²) in [6, 6.07) is 8.10. The van der Waals surface area contributed by atoms with Gasteiger partial charge < -0.3 is 15.4 Å². The summed E-state index contributed by atoms with van der Waals surface area (Å²) in [6.45, 7) is 1.62. The van der Waals surface area contributed by atoms with E-state index in [1.807, 2.05) is 18.2 Å². The first-order chi connectivity index (χ1) is 12.8. The van der Waals surface area contributed by atoms with Crippen molar-refractivity contribution < 1.29 is 4.74 Å². The van der Waals surface area contributed by atoms with E-state index in [1.165, 1.54) is 31.2 Å². The van der Waals surface area contributed by atoms with Gasteiger partial charge in [0, 0.05) is 13.1 Å². The fourth-order valence-corrected chi connectivity index (χ4v) is 3.09. The van der Waals surface area contributed by atoms with E-state index in [1.54, 1.807) is 18.9 Å². The van der Waals surface area contributed by atoms with E-state index < -0.39 is 0 Å². The molecule has 0 saturated heterocycles. The summed E-state index contributed by atoms with van der Waals surface area (Å²) in [5, 5.41) is 14.7. The van der Waals surface area contributed by atoms with Gasteiger partial charge in [-0.3, -0.25) is 0 Å². The normalized spacial score (nSPS) is 13.8. The van der Waals surface area contributed by atoms with Crippen molar-refractivity contribution in [3.05, 3.63) is 47.7 Å². The van der Waals surface area contributed by atoms with Crippen molar-refractivity contribution >= 4 is 11.8 Å². The van der Waals surface area contributed by atoms with Crippen molar-refractivity contribution in [3.8, 4) is 5.75 Å². The zero-order chi connectivity index (χ0) is 18.0. The van der Waals surface area contributed by atoms with Gasteiger partial charge in [-0.25, -0.2) is 0 Å². The van der Waals surface area contributed by atoms with E-state index in [0.717, 1.165) is 37.5 Å². The van der Waals surface area contributed by atoms with Crippen molar-refractivity contribution in [2.75, 3.05) is 30.8 Å². The average molecular weight is 353 g/mol. The van der Waals surface area contributed by atoms with Crippen LogP contribution in [-0.4, -0.2) is 35.4 Å². The number of ether oxygens (including phenoxy) is 1. The lowest BCUT2D eigenvalue weighted by atomic mass is 9.97. The second-order valence-corrected chi connectivity index (χ2v) is 6.48. The first-order valence-electron chi connectivity index (χ1n) is 9.32. The zero-order valence-electron chi connectivity index (χ0n) is 15.4. The van der Waals surface area contributed by atoms with Crippen LogP contribution in [0, 0.1) is 0 Å². The molecule has 0 radical (unpaired) electrons. The number of anilines is 2. The number of allylic oxidation sites excluding steroid dienone is 1.